The first kappa shape index (κ1) is 16.3. The fourth-order valence-electron chi connectivity index (χ4n) is 1.41. The molecule has 0 unspecified atom stereocenters. The second-order valence-corrected chi connectivity index (χ2v) is 5.39. The van der Waals surface area contributed by atoms with E-state index in [4.69, 9.17) is 21.1 Å². The quantitative estimate of drug-likeness (QED) is 0.329. The normalized spacial score (nSPS) is 12.2. The number of azide groups is 2. The van der Waals surface area contributed by atoms with E-state index < -0.39 is 11.6 Å². The van der Waals surface area contributed by atoms with Crippen LogP contribution < -0.4 is 0 Å². The topological polar surface area (TPSA) is 148 Å². The molecule has 0 spiro atoms. The maximum absolute atomic E-state index is 12.0. The van der Waals surface area contributed by atoms with Crippen LogP contribution in [-0.4, -0.2) is 24.7 Å². The van der Waals surface area contributed by atoms with Crippen LogP contribution in [0.15, 0.2) is 22.4 Å². The molecule has 108 valence electrons. The Kier molecular flexibility index (Phi) is 6.04. The molecule has 0 aliphatic rings. The molecule has 0 aromatic carbocycles. The molecule has 0 aliphatic carbocycles. The van der Waals surface area contributed by atoms with Gasteiger partial charge in [-0.2, -0.15) is 5.26 Å². The second-order valence-electron chi connectivity index (χ2n) is 4.22. The highest BCUT2D eigenvalue weighted by atomic mass is 32.1. The van der Waals surface area contributed by atoms with Gasteiger partial charge in [0.05, 0.1) is 25.6 Å². The fourth-order valence-corrected chi connectivity index (χ4v) is 2.23. The first-order chi connectivity index (χ1) is 10.0. The Labute approximate surface area is 124 Å². The Bertz CT molecular complexity index is 630. The van der Waals surface area contributed by atoms with Gasteiger partial charge in [0.25, 0.3) is 0 Å². The maximum Gasteiger partial charge on any atom is 0.348 e. The van der Waals surface area contributed by atoms with Crippen molar-refractivity contribution < 1.29 is 9.53 Å². The zero-order chi connectivity index (χ0) is 15.7. The van der Waals surface area contributed by atoms with Gasteiger partial charge in [-0.1, -0.05) is 10.2 Å². The van der Waals surface area contributed by atoms with Crippen molar-refractivity contribution in [3.8, 4) is 6.07 Å². The van der Waals surface area contributed by atoms with Gasteiger partial charge in [0.1, 0.15) is 10.5 Å². The van der Waals surface area contributed by atoms with Crippen LogP contribution in [0.5, 0.6) is 0 Å². The Morgan fingerprint density at radius 1 is 1.43 bits per heavy atom. The molecule has 0 bridgehead atoms. The summed E-state index contributed by atoms with van der Waals surface area (Å²) in [5.74, 6) is -0.618. The smallest absolute Gasteiger partial charge is 0.348 e. The molecule has 1 aromatic rings. The van der Waals surface area contributed by atoms with E-state index in [1.165, 1.54) is 6.92 Å². The van der Waals surface area contributed by atoms with Crippen LogP contribution >= 0.6 is 11.3 Å². The van der Waals surface area contributed by atoms with E-state index in [0.717, 1.165) is 16.2 Å². The van der Waals surface area contributed by atoms with E-state index in [0.29, 0.717) is 4.88 Å². The number of rotatable bonds is 7. The molecule has 0 aliphatic heterocycles. The Balaban J connectivity index is 2.85. The van der Waals surface area contributed by atoms with Gasteiger partial charge < -0.3 is 4.74 Å². The number of carbonyl (C=O) groups is 1. The van der Waals surface area contributed by atoms with Gasteiger partial charge >= 0.3 is 5.97 Å². The van der Waals surface area contributed by atoms with Gasteiger partial charge in [0.2, 0.25) is 0 Å². The molecule has 0 amide bonds. The summed E-state index contributed by atoms with van der Waals surface area (Å²) in [6.45, 7) is 1.22. The maximum atomic E-state index is 12.0. The first-order valence-corrected chi connectivity index (χ1v) is 6.57. The molecule has 0 atom stereocenters. The van der Waals surface area contributed by atoms with Crippen LogP contribution in [0.25, 0.3) is 20.9 Å². The van der Waals surface area contributed by atoms with Gasteiger partial charge in [-0.25, -0.2) is 4.79 Å². The average Bonchev–Trinajstić information content (AvgIpc) is 2.92. The molecule has 1 heterocycles. The number of ether oxygens (including phenoxy) is 1. The van der Waals surface area contributed by atoms with Crippen LogP contribution in [-0.2, 0) is 11.2 Å². The van der Waals surface area contributed by atoms with E-state index in [1.54, 1.807) is 12.1 Å². The molecular weight excluding hydrogens is 294 g/mol. The molecule has 0 radical (unpaired) electrons. The highest BCUT2D eigenvalue weighted by molar-refractivity contribution is 7.13. The van der Waals surface area contributed by atoms with Crippen molar-refractivity contribution in [2.75, 3.05) is 13.1 Å². The largest absolute Gasteiger partial charge is 0.455 e. The SMILES string of the molecule is CC(CN=[N+]=[N-])(CN=[N+]=[N-])OC(=O)c1ccc(CC#N)s1. The number of hydrogen-bond acceptors (Lipinski definition) is 6. The standard InChI is InChI=1S/C11H11N7O2S/c1-11(6-15-17-13,7-16-18-14)20-10(19)9-3-2-8(21-9)4-5-12/h2-3H,4,6-7H2,1H3. The van der Waals surface area contributed by atoms with E-state index in [9.17, 15) is 4.79 Å². The number of esters is 1. The van der Waals surface area contributed by atoms with Gasteiger partial charge in [0, 0.05) is 14.7 Å². The lowest BCUT2D eigenvalue weighted by Gasteiger charge is -2.25. The van der Waals surface area contributed by atoms with Crippen molar-refractivity contribution in [1.82, 2.24) is 0 Å². The zero-order valence-corrected chi connectivity index (χ0v) is 11.9. The average molecular weight is 305 g/mol. The molecular formula is C11H11N7O2S. The lowest BCUT2D eigenvalue weighted by Crippen LogP contribution is -2.37. The van der Waals surface area contributed by atoms with Crippen LogP contribution in [0.1, 0.15) is 21.5 Å². The van der Waals surface area contributed by atoms with Crippen molar-refractivity contribution >= 4 is 17.3 Å². The fraction of sp³-hybridized carbons (Fsp3) is 0.455. The number of nitriles is 1. The highest BCUT2D eigenvalue weighted by Crippen LogP contribution is 2.21. The van der Waals surface area contributed by atoms with E-state index in [2.05, 4.69) is 20.1 Å². The molecule has 21 heavy (non-hydrogen) atoms. The number of thiophene rings is 1. The predicted molar refractivity (Wildman–Crippen MR) is 75.5 cm³/mol. The summed E-state index contributed by atoms with van der Waals surface area (Å²) in [5, 5.41) is 15.3. The molecule has 0 fully saturated rings. The summed E-state index contributed by atoms with van der Waals surface area (Å²) >= 11 is 1.15. The number of hydrogen-bond donors (Lipinski definition) is 0. The van der Waals surface area contributed by atoms with Crippen molar-refractivity contribution in [2.45, 2.75) is 18.9 Å². The number of nitrogens with zero attached hydrogens (tertiary/aromatic N) is 7. The van der Waals surface area contributed by atoms with Gasteiger partial charge in [-0.3, -0.25) is 0 Å². The third kappa shape index (κ3) is 5.04. The van der Waals surface area contributed by atoms with E-state index in [1.807, 2.05) is 6.07 Å². The summed E-state index contributed by atoms with van der Waals surface area (Å²) in [6.07, 6.45) is 0.215. The minimum Gasteiger partial charge on any atom is -0.455 e. The summed E-state index contributed by atoms with van der Waals surface area (Å²) in [5.41, 5.74) is 15.5. The van der Waals surface area contributed by atoms with Crippen LogP contribution in [0, 0.1) is 11.3 Å². The number of carbonyl (C=O) groups excluding carboxylic acids is 1. The summed E-state index contributed by atoms with van der Waals surface area (Å²) in [6, 6.07) is 5.21. The lowest BCUT2D eigenvalue weighted by molar-refractivity contribution is -0.000631. The van der Waals surface area contributed by atoms with Crippen molar-refractivity contribution in [3.05, 3.63) is 42.8 Å². The van der Waals surface area contributed by atoms with Gasteiger partial charge in [-0.15, -0.1) is 11.3 Å². The lowest BCUT2D eigenvalue weighted by atomic mass is 10.1. The minimum absolute atomic E-state index is 0.148. The Morgan fingerprint density at radius 2 is 2.05 bits per heavy atom. The minimum atomic E-state index is -1.21. The van der Waals surface area contributed by atoms with Crippen LogP contribution in [0.2, 0.25) is 0 Å². The third-order valence-corrected chi connectivity index (χ3v) is 3.46. The Morgan fingerprint density at radius 3 is 2.57 bits per heavy atom. The monoisotopic (exact) mass is 305 g/mol. The molecule has 1 rings (SSSR count). The van der Waals surface area contributed by atoms with Crippen molar-refractivity contribution in [1.29, 1.82) is 5.26 Å². The Hall–Kier alpha value is -2.72. The summed E-state index contributed by atoms with van der Waals surface area (Å²) in [4.78, 5) is 18.3. The van der Waals surface area contributed by atoms with Crippen LogP contribution in [0.4, 0.5) is 0 Å². The summed E-state index contributed by atoms with van der Waals surface area (Å²) in [7, 11) is 0. The van der Waals surface area contributed by atoms with Gasteiger partial charge in [0.15, 0.2) is 0 Å². The molecule has 1 aromatic heterocycles. The van der Waals surface area contributed by atoms with Crippen LogP contribution in [0.3, 0.4) is 0 Å². The molecule has 9 nitrogen and oxygen atoms in total. The zero-order valence-electron chi connectivity index (χ0n) is 11.1. The third-order valence-electron chi connectivity index (χ3n) is 2.39. The first-order valence-electron chi connectivity index (χ1n) is 5.75. The molecule has 0 saturated carbocycles. The molecule has 0 N–H and O–H groups in total. The van der Waals surface area contributed by atoms with Gasteiger partial charge in [-0.05, 0) is 30.1 Å². The van der Waals surface area contributed by atoms with E-state index in [-0.39, 0.29) is 19.5 Å². The second kappa shape index (κ2) is 7.77. The van der Waals surface area contributed by atoms with Crippen molar-refractivity contribution in [3.63, 3.8) is 0 Å². The summed E-state index contributed by atoms with van der Waals surface area (Å²) < 4.78 is 5.28. The van der Waals surface area contributed by atoms with Crippen molar-refractivity contribution in [2.24, 2.45) is 10.2 Å². The molecule has 0 saturated heterocycles. The van der Waals surface area contributed by atoms with E-state index >= 15 is 0 Å². The molecule has 10 heteroatoms. The highest BCUT2D eigenvalue weighted by Gasteiger charge is 2.28. The predicted octanol–water partition coefficient (Wildman–Crippen LogP) is 3.35.